The molecule has 0 aromatic carbocycles. The molecule has 4 heteroatoms. The van der Waals surface area contributed by atoms with Crippen LogP contribution in [-0.4, -0.2) is 29.7 Å². The summed E-state index contributed by atoms with van der Waals surface area (Å²) in [5.74, 6) is -0.223. The van der Waals surface area contributed by atoms with Gasteiger partial charge < -0.3 is 16.2 Å². The number of aliphatic hydroxyl groups excluding tert-OH is 1. The maximum atomic E-state index is 12.2. The Morgan fingerprint density at radius 3 is 2.06 bits per heavy atom. The van der Waals surface area contributed by atoms with Crippen LogP contribution in [0, 0.1) is 11.3 Å². The fourth-order valence-electron chi connectivity index (χ4n) is 2.08. The monoisotopic (exact) mass is 258 g/mol. The van der Waals surface area contributed by atoms with E-state index in [9.17, 15) is 9.90 Å². The molecule has 18 heavy (non-hydrogen) atoms. The van der Waals surface area contributed by atoms with Gasteiger partial charge in [-0.15, -0.1) is 0 Å². The molecule has 108 valence electrons. The van der Waals surface area contributed by atoms with E-state index in [4.69, 9.17) is 5.73 Å². The van der Waals surface area contributed by atoms with E-state index in [0.29, 0.717) is 6.54 Å². The Hall–Kier alpha value is -0.610. The van der Waals surface area contributed by atoms with Gasteiger partial charge in [0.25, 0.3) is 0 Å². The molecule has 0 aliphatic heterocycles. The van der Waals surface area contributed by atoms with Crippen molar-refractivity contribution in [2.75, 3.05) is 13.2 Å². The van der Waals surface area contributed by atoms with Gasteiger partial charge in [0.15, 0.2) is 0 Å². The van der Waals surface area contributed by atoms with Gasteiger partial charge in [0.05, 0.1) is 18.1 Å². The van der Waals surface area contributed by atoms with E-state index in [-0.39, 0.29) is 23.8 Å². The molecule has 4 N–H and O–H groups in total. The van der Waals surface area contributed by atoms with Crippen molar-refractivity contribution >= 4 is 5.91 Å². The minimum atomic E-state index is -0.498. The highest BCUT2D eigenvalue weighted by molar-refractivity contribution is 5.79. The predicted octanol–water partition coefficient (Wildman–Crippen LogP) is 1.66. The van der Waals surface area contributed by atoms with Crippen LogP contribution in [0.15, 0.2) is 0 Å². The van der Waals surface area contributed by atoms with Crippen LogP contribution in [0.4, 0.5) is 0 Å². The van der Waals surface area contributed by atoms with Crippen molar-refractivity contribution in [1.82, 2.24) is 5.32 Å². The second-order valence-corrected chi connectivity index (χ2v) is 6.33. The molecule has 0 heterocycles. The summed E-state index contributed by atoms with van der Waals surface area (Å²) in [6.45, 7) is 10.6. The van der Waals surface area contributed by atoms with Crippen LogP contribution >= 0.6 is 0 Å². The Labute approximate surface area is 111 Å². The molecule has 0 radical (unpaired) electrons. The number of aliphatic hydroxyl groups is 1. The molecule has 0 spiro atoms. The van der Waals surface area contributed by atoms with Gasteiger partial charge in [0.2, 0.25) is 5.91 Å². The molecule has 1 unspecified atom stereocenters. The Morgan fingerprint density at radius 1 is 1.28 bits per heavy atom. The van der Waals surface area contributed by atoms with Crippen LogP contribution < -0.4 is 11.1 Å². The molecule has 1 atom stereocenters. The summed E-state index contributed by atoms with van der Waals surface area (Å²) in [5, 5.41) is 12.5. The van der Waals surface area contributed by atoms with Gasteiger partial charge in [-0.25, -0.2) is 0 Å². The molecule has 0 aromatic rings. The lowest BCUT2D eigenvalue weighted by atomic mass is 9.83. The average molecular weight is 258 g/mol. The third kappa shape index (κ3) is 5.36. The lowest BCUT2D eigenvalue weighted by molar-refractivity contribution is -0.128. The summed E-state index contributed by atoms with van der Waals surface area (Å²) >= 11 is 0. The standard InChI is InChI=1S/C14H30N2O2/c1-6-14(7-2,10-17)16-12(18)11(9-15)8-13(3,4)5/h11,17H,6-10,15H2,1-5H3,(H,16,18). The summed E-state index contributed by atoms with van der Waals surface area (Å²) in [7, 11) is 0. The largest absolute Gasteiger partial charge is 0.394 e. The smallest absolute Gasteiger partial charge is 0.224 e. The van der Waals surface area contributed by atoms with Crippen molar-refractivity contribution < 1.29 is 9.90 Å². The van der Waals surface area contributed by atoms with Crippen molar-refractivity contribution in [2.45, 2.75) is 59.4 Å². The highest BCUT2D eigenvalue weighted by atomic mass is 16.3. The maximum Gasteiger partial charge on any atom is 0.224 e. The first kappa shape index (κ1) is 17.4. The van der Waals surface area contributed by atoms with Crippen molar-refractivity contribution in [1.29, 1.82) is 0 Å². The molecule has 0 bridgehead atoms. The Kier molecular flexibility index (Phi) is 6.86. The number of carbonyl (C=O) groups excluding carboxylic acids is 1. The Bertz CT molecular complexity index is 247. The maximum absolute atomic E-state index is 12.2. The van der Waals surface area contributed by atoms with Gasteiger partial charge in [-0.3, -0.25) is 4.79 Å². The summed E-state index contributed by atoms with van der Waals surface area (Å²) in [6, 6.07) is 0. The van der Waals surface area contributed by atoms with E-state index in [1.807, 2.05) is 13.8 Å². The first-order chi connectivity index (χ1) is 8.23. The highest BCUT2D eigenvalue weighted by Gasteiger charge is 2.31. The van der Waals surface area contributed by atoms with Crippen molar-refractivity contribution in [3.63, 3.8) is 0 Å². The van der Waals surface area contributed by atoms with Crippen LogP contribution in [0.3, 0.4) is 0 Å². The summed E-state index contributed by atoms with van der Waals surface area (Å²) in [6.07, 6.45) is 2.20. The van der Waals surface area contributed by atoms with E-state index in [0.717, 1.165) is 19.3 Å². The lowest BCUT2D eigenvalue weighted by Gasteiger charge is -2.33. The second kappa shape index (κ2) is 7.10. The van der Waals surface area contributed by atoms with Gasteiger partial charge in [0, 0.05) is 6.54 Å². The number of rotatable bonds is 7. The Morgan fingerprint density at radius 2 is 1.78 bits per heavy atom. The molecule has 0 aliphatic rings. The minimum Gasteiger partial charge on any atom is -0.394 e. The molecule has 0 rings (SSSR count). The zero-order valence-electron chi connectivity index (χ0n) is 12.5. The number of carbonyl (C=O) groups is 1. The minimum absolute atomic E-state index is 0.0292. The fourth-order valence-corrected chi connectivity index (χ4v) is 2.08. The van der Waals surface area contributed by atoms with Crippen LogP contribution in [0.2, 0.25) is 0 Å². The van der Waals surface area contributed by atoms with Crippen molar-refractivity contribution in [3.05, 3.63) is 0 Å². The normalized spacial score (nSPS) is 14.4. The van der Waals surface area contributed by atoms with Gasteiger partial charge in [-0.1, -0.05) is 34.6 Å². The summed E-state index contributed by atoms with van der Waals surface area (Å²) in [4.78, 5) is 12.2. The second-order valence-electron chi connectivity index (χ2n) is 6.33. The number of nitrogens with two attached hydrogens (primary N) is 1. The van der Waals surface area contributed by atoms with E-state index < -0.39 is 5.54 Å². The van der Waals surface area contributed by atoms with Gasteiger partial charge in [-0.05, 0) is 24.7 Å². The number of hydrogen-bond donors (Lipinski definition) is 3. The quantitative estimate of drug-likeness (QED) is 0.650. The summed E-state index contributed by atoms with van der Waals surface area (Å²) < 4.78 is 0. The molecule has 0 fully saturated rings. The zero-order chi connectivity index (χ0) is 14.4. The van der Waals surface area contributed by atoms with Crippen LogP contribution in [0.5, 0.6) is 0 Å². The molecule has 0 saturated heterocycles. The van der Waals surface area contributed by atoms with Crippen molar-refractivity contribution in [3.8, 4) is 0 Å². The highest BCUT2D eigenvalue weighted by Crippen LogP contribution is 2.25. The summed E-state index contributed by atoms with van der Waals surface area (Å²) in [5.41, 5.74) is 5.27. The van der Waals surface area contributed by atoms with Gasteiger partial charge in [-0.2, -0.15) is 0 Å². The van der Waals surface area contributed by atoms with Crippen LogP contribution in [0.25, 0.3) is 0 Å². The average Bonchev–Trinajstić information content (AvgIpc) is 2.32. The lowest BCUT2D eigenvalue weighted by Crippen LogP contribution is -2.53. The number of nitrogens with one attached hydrogen (secondary N) is 1. The first-order valence-corrected chi connectivity index (χ1v) is 6.86. The van der Waals surface area contributed by atoms with Crippen molar-refractivity contribution in [2.24, 2.45) is 17.1 Å². The van der Waals surface area contributed by atoms with E-state index >= 15 is 0 Å². The van der Waals surface area contributed by atoms with Gasteiger partial charge >= 0.3 is 0 Å². The topological polar surface area (TPSA) is 75.3 Å². The number of amides is 1. The SMILES string of the molecule is CCC(CC)(CO)NC(=O)C(CN)CC(C)(C)C. The first-order valence-electron chi connectivity index (χ1n) is 6.86. The van der Waals surface area contributed by atoms with E-state index in [1.54, 1.807) is 0 Å². The molecule has 4 nitrogen and oxygen atoms in total. The third-order valence-corrected chi connectivity index (χ3v) is 3.56. The van der Waals surface area contributed by atoms with Crippen LogP contribution in [0.1, 0.15) is 53.9 Å². The van der Waals surface area contributed by atoms with E-state index in [2.05, 4.69) is 26.1 Å². The molecule has 0 aromatic heterocycles. The molecule has 1 amide bonds. The zero-order valence-corrected chi connectivity index (χ0v) is 12.5. The van der Waals surface area contributed by atoms with Crippen LogP contribution in [-0.2, 0) is 4.79 Å². The third-order valence-electron chi connectivity index (χ3n) is 3.56. The predicted molar refractivity (Wildman–Crippen MR) is 75.2 cm³/mol. The molecule has 0 saturated carbocycles. The van der Waals surface area contributed by atoms with Gasteiger partial charge in [0.1, 0.15) is 0 Å². The number of hydrogen-bond acceptors (Lipinski definition) is 3. The van der Waals surface area contributed by atoms with E-state index in [1.165, 1.54) is 0 Å². The molecular formula is C14H30N2O2. The fraction of sp³-hybridized carbons (Fsp3) is 0.929. The Balaban J connectivity index is 4.70. The molecular weight excluding hydrogens is 228 g/mol. The molecule has 0 aliphatic carbocycles.